The van der Waals surface area contributed by atoms with Crippen molar-refractivity contribution in [1.82, 2.24) is 0 Å². The molecule has 4 nitrogen and oxygen atoms in total. The largest absolute Gasteiger partial charge is 0.490 e. The number of benzene rings is 1. The monoisotopic (exact) mass is 221 g/mol. The Morgan fingerprint density at radius 2 is 2.12 bits per heavy atom. The maximum Gasteiger partial charge on any atom is 0.339 e. The van der Waals surface area contributed by atoms with Crippen LogP contribution in [0.4, 0.5) is 5.69 Å². The van der Waals surface area contributed by atoms with E-state index in [-0.39, 0.29) is 11.7 Å². The zero-order chi connectivity index (χ0) is 11.7. The van der Waals surface area contributed by atoms with Crippen LogP contribution in [0.25, 0.3) is 0 Å². The van der Waals surface area contributed by atoms with Gasteiger partial charge in [0.25, 0.3) is 0 Å². The van der Waals surface area contributed by atoms with Crippen molar-refractivity contribution in [2.45, 2.75) is 18.9 Å². The van der Waals surface area contributed by atoms with Gasteiger partial charge in [0, 0.05) is 19.8 Å². The second-order valence-corrected chi connectivity index (χ2v) is 4.20. The molecule has 1 aromatic rings. The van der Waals surface area contributed by atoms with E-state index in [1.54, 1.807) is 12.1 Å². The summed E-state index contributed by atoms with van der Waals surface area (Å²) in [5, 5.41) is 9.11. The molecule has 16 heavy (non-hydrogen) atoms. The highest BCUT2D eigenvalue weighted by Crippen LogP contribution is 2.31. The molecule has 2 rings (SSSR count). The van der Waals surface area contributed by atoms with E-state index in [1.807, 2.05) is 25.1 Å². The summed E-state index contributed by atoms with van der Waals surface area (Å²) in [6.45, 7) is 0. The number of rotatable bonds is 4. The summed E-state index contributed by atoms with van der Waals surface area (Å²) >= 11 is 0. The van der Waals surface area contributed by atoms with Gasteiger partial charge in [-0.3, -0.25) is 0 Å². The summed E-state index contributed by atoms with van der Waals surface area (Å²) in [5.74, 6) is -0.472. The first-order chi connectivity index (χ1) is 7.58. The van der Waals surface area contributed by atoms with Crippen LogP contribution in [0.3, 0.4) is 0 Å². The summed E-state index contributed by atoms with van der Waals surface area (Å²) in [7, 11) is 3.75. The van der Waals surface area contributed by atoms with Gasteiger partial charge in [0.1, 0.15) is 11.3 Å². The van der Waals surface area contributed by atoms with E-state index in [2.05, 4.69) is 0 Å². The number of ether oxygens (including phenoxy) is 1. The molecule has 1 saturated carbocycles. The van der Waals surface area contributed by atoms with Crippen LogP contribution in [0.2, 0.25) is 0 Å². The lowest BCUT2D eigenvalue weighted by Gasteiger charge is -2.15. The quantitative estimate of drug-likeness (QED) is 0.844. The molecule has 1 aliphatic rings. The molecule has 1 fully saturated rings. The molecular formula is C12H15NO3. The number of hydrogen-bond donors (Lipinski definition) is 1. The number of carboxylic acids is 1. The second-order valence-electron chi connectivity index (χ2n) is 4.20. The third-order valence-corrected chi connectivity index (χ3v) is 2.53. The number of hydrogen-bond acceptors (Lipinski definition) is 3. The van der Waals surface area contributed by atoms with Gasteiger partial charge in [0.2, 0.25) is 0 Å². The Morgan fingerprint density at radius 1 is 1.44 bits per heavy atom. The SMILES string of the molecule is CN(C)c1ccc(OC2CC2)c(C(=O)O)c1. The molecule has 0 unspecified atom stereocenters. The normalized spacial score (nSPS) is 14.6. The third kappa shape index (κ3) is 2.27. The Bertz CT molecular complexity index is 411. The minimum absolute atomic E-state index is 0.211. The van der Waals surface area contributed by atoms with Gasteiger partial charge in [0.05, 0.1) is 6.10 Å². The van der Waals surface area contributed by atoms with Gasteiger partial charge < -0.3 is 14.7 Å². The first-order valence-electron chi connectivity index (χ1n) is 5.29. The number of aromatic carboxylic acids is 1. The highest BCUT2D eigenvalue weighted by Gasteiger charge is 2.25. The highest BCUT2D eigenvalue weighted by molar-refractivity contribution is 5.92. The van der Waals surface area contributed by atoms with Crippen LogP contribution in [-0.2, 0) is 0 Å². The summed E-state index contributed by atoms with van der Waals surface area (Å²) in [4.78, 5) is 13.0. The minimum atomic E-state index is -0.945. The zero-order valence-electron chi connectivity index (χ0n) is 9.43. The van der Waals surface area contributed by atoms with Gasteiger partial charge in [0.15, 0.2) is 0 Å². The fourth-order valence-electron chi connectivity index (χ4n) is 1.43. The van der Waals surface area contributed by atoms with E-state index in [0.29, 0.717) is 5.75 Å². The van der Waals surface area contributed by atoms with Crippen molar-refractivity contribution in [3.05, 3.63) is 23.8 Å². The molecule has 0 spiro atoms. The van der Waals surface area contributed by atoms with Crippen LogP contribution in [0.15, 0.2) is 18.2 Å². The Morgan fingerprint density at radius 3 is 2.62 bits per heavy atom. The molecule has 0 heterocycles. The van der Waals surface area contributed by atoms with Gasteiger partial charge in [-0.25, -0.2) is 4.79 Å². The Labute approximate surface area is 94.4 Å². The van der Waals surface area contributed by atoms with E-state index in [0.717, 1.165) is 18.5 Å². The number of nitrogens with zero attached hydrogens (tertiary/aromatic N) is 1. The molecule has 0 radical (unpaired) electrons. The lowest BCUT2D eigenvalue weighted by molar-refractivity contribution is 0.0692. The van der Waals surface area contributed by atoms with E-state index < -0.39 is 5.97 Å². The van der Waals surface area contributed by atoms with E-state index in [1.165, 1.54) is 0 Å². The fraction of sp³-hybridized carbons (Fsp3) is 0.417. The molecule has 4 heteroatoms. The lowest BCUT2D eigenvalue weighted by Crippen LogP contribution is -2.11. The summed E-state index contributed by atoms with van der Waals surface area (Å²) < 4.78 is 5.55. The summed E-state index contributed by atoms with van der Waals surface area (Å²) in [6, 6.07) is 5.24. The first-order valence-corrected chi connectivity index (χ1v) is 5.29. The molecule has 86 valence electrons. The van der Waals surface area contributed by atoms with Crippen LogP contribution in [0.1, 0.15) is 23.2 Å². The van der Waals surface area contributed by atoms with Crippen molar-refractivity contribution in [3.8, 4) is 5.75 Å². The maximum atomic E-state index is 11.1. The Balaban J connectivity index is 2.32. The maximum absolute atomic E-state index is 11.1. The molecule has 0 bridgehead atoms. The van der Waals surface area contributed by atoms with E-state index in [4.69, 9.17) is 9.84 Å². The van der Waals surface area contributed by atoms with Crippen LogP contribution < -0.4 is 9.64 Å². The van der Waals surface area contributed by atoms with Crippen molar-refractivity contribution in [3.63, 3.8) is 0 Å². The topological polar surface area (TPSA) is 49.8 Å². The smallest absolute Gasteiger partial charge is 0.339 e. The average molecular weight is 221 g/mol. The molecule has 1 aromatic carbocycles. The fourth-order valence-corrected chi connectivity index (χ4v) is 1.43. The lowest BCUT2D eigenvalue weighted by atomic mass is 10.1. The van der Waals surface area contributed by atoms with Gasteiger partial charge in [-0.2, -0.15) is 0 Å². The highest BCUT2D eigenvalue weighted by atomic mass is 16.5. The van der Waals surface area contributed by atoms with Crippen molar-refractivity contribution in [2.24, 2.45) is 0 Å². The zero-order valence-corrected chi connectivity index (χ0v) is 9.43. The first kappa shape index (κ1) is 10.8. The molecule has 0 atom stereocenters. The van der Waals surface area contributed by atoms with Gasteiger partial charge in [-0.05, 0) is 31.0 Å². The Kier molecular flexibility index (Phi) is 2.73. The van der Waals surface area contributed by atoms with Gasteiger partial charge in [-0.1, -0.05) is 0 Å². The summed E-state index contributed by atoms with van der Waals surface area (Å²) in [6.07, 6.45) is 2.26. The molecule has 1 N–H and O–H groups in total. The minimum Gasteiger partial charge on any atom is -0.490 e. The number of carboxylic acid groups (broad SMARTS) is 1. The predicted molar refractivity (Wildman–Crippen MR) is 61.4 cm³/mol. The second kappa shape index (κ2) is 4.04. The predicted octanol–water partition coefficient (Wildman–Crippen LogP) is 1.99. The van der Waals surface area contributed by atoms with Gasteiger partial charge >= 0.3 is 5.97 Å². The van der Waals surface area contributed by atoms with Crippen molar-refractivity contribution >= 4 is 11.7 Å². The van der Waals surface area contributed by atoms with Crippen molar-refractivity contribution in [1.29, 1.82) is 0 Å². The molecule has 0 aromatic heterocycles. The third-order valence-electron chi connectivity index (χ3n) is 2.53. The van der Waals surface area contributed by atoms with Crippen LogP contribution >= 0.6 is 0 Å². The van der Waals surface area contributed by atoms with E-state index in [9.17, 15) is 4.79 Å². The number of anilines is 1. The molecule has 0 aliphatic heterocycles. The molecular weight excluding hydrogens is 206 g/mol. The average Bonchev–Trinajstić information content (AvgIpc) is 3.01. The summed E-state index contributed by atoms with van der Waals surface area (Å²) in [5.41, 5.74) is 1.10. The number of carbonyl (C=O) groups is 1. The molecule has 1 aliphatic carbocycles. The van der Waals surface area contributed by atoms with Crippen molar-refractivity contribution in [2.75, 3.05) is 19.0 Å². The van der Waals surface area contributed by atoms with Crippen LogP contribution in [0, 0.1) is 0 Å². The standard InChI is InChI=1S/C12H15NO3/c1-13(2)8-3-6-11(16-9-4-5-9)10(7-8)12(14)15/h3,6-7,9H,4-5H2,1-2H3,(H,14,15). The van der Waals surface area contributed by atoms with Crippen molar-refractivity contribution < 1.29 is 14.6 Å². The Hall–Kier alpha value is -1.71. The van der Waals surface area contributed by atoms with Crippen LogP contribution in [-0.4, -0.2) is 31.3 Å². The van der Waals surface area contributed by atoms with Crippen LogP contribution in [0.5, 0.6) is 5.75 Å². The molecule has 0 amide bonds. The van der Waals surface area contributed by atoms with Gasteiger partial charge in [-0.15, -0.1) is 0 Å². The van der Waals surface area contributed by atoms with E-state index >= 15 is 0 Å². The molecule has 0 saturated heterocycles.